The fourth-order valence-electron chi connectivity index (χ4n) is 2.34. The molecular weight excluding hydrogens is 326 g/mol. The lowest BCUT2D eigenvalue weighted by atomic mass is 10.0. The predicted octanol–water partition coefficient (Wildman–Crippen LogP) is 5.91. The highest BCUT2D eigenvalue weighted by molar-refractivity contribution is 9.10. The van der Waals surface area contributed by atoms with E-state index in [-0.39, 0.29) is 0 Å². The first kappa shape index (κ1) is 14.1. The molecule has 1 heterocycles. The quantitative estimate of drug-likeness (QED) is 0.590. The van der Waals surface area contributed by atoms with E-state index in [1.165, 1.54) is 5.56 Å². The van der Waals surface area contributed by atoms with Crippen LogP contribution in [0, 0.1) is 0 Å². The molecule has 0 aliphatic heterocycles. The summed E-state index contributed by atoms with van der Waals surface area (Å²) in [4.78, 5) is 4.39. The molecule has 0 spiro atoms. The number of aromatic nitrogens is 1. The van der Waals surface area contributed by atoms with Crippen LogP contribution in [0.1, 0.15) is 25.3 Å². The van der Waals surface area contributed by atoms with Gasteiger partial charge >= 0.3 is 0 Å². The summed E-state index contributed by atoms with van der Waals surface area (Å²) in [5.41, 5.74) is 1.17. The third-order valence-electron chi connectivity index (χ3n) is 3.44. The summed E-state index contributed by atoms with van der Waals surface area (Å²) in [6, 6.07) is 16.2. The number of nitrogens with zero attached hydrogens (tertiary/aromatic N) is 1. The van der Waals surface area contributed by atoms with Crippen molar-refractivity contribution in [3.8, 4) is 11.6 Å². The monoisotopic (exact) mass is 341 g/mol. The molecule has 3 rings (SSSR count). The van der Waals surface area contributed by atoms with Crippen LogP contribution in [0.4, 0.5) is 0 Å². The molecule has 1 aromatic heterocycles. The van der Waals surface area contributed by atoms with Crippen molar-refractivity contribution in [1.82, 2.24) is 4.98 Å². The minimum Gasteiger partial charge on any atom is -0.438 e. The lowest BCUT2D eigenvalue weighted by Crippen LogP contribution is -1.96. The molecule has 0 saturated carbocycles. The number of fused-ring (bicyclic) bond motifs is 1. The number of pyridine rings is 1. The fraction of sp³-hybridized carbons (Fsp3) is 0.167. The van der Waals surface area contributed by atoms with E-state index in [1.807, 2.05) is 36.4 Å². The first-order valence-electron chi connectivity index (χ1n) is 6.96. The third kappa shape index (κ3) is 2.93. The van der Waals surface area contributed by atoms with E-state index in [9.17, 15) is 0 Å². The van der Waals surface area contributed by atoms with Crippen molar-refractivity contribution in [3.63, 3.8) is 0 Å². The largest absolute Gasteiger partial charge is 0.438 e. The van der Waals surface area contributed by atoms with E-state index in [4.69, 9.17) is 4.74 Å². The van der Waals surface area contributed by atoms with E-state index < -0.39 is 0 Å². The number of halogens is 1. The van der Waals surface area contributed by atoms with Crippen molar-refractivity contribution >= 4 is 26.7 Å². The van der Waals surface area contributed by atoms with Gasteiger partial charge < -0.3 is 4.74 Å². The smallest absolute Gasteiger partial charge is 0.227 e. The van der Waals surface area contributed by atoms with Crippen LogP contribution in [0.5, 0.6) is 11.6 Å². The van der Waals surface area contributed by atoms with Crippen molar-refractivity contribution in [3.05, 3.63) is 64.8 Å². The molecule has 0 saturated heterocycles. The molecule has 0 aliphatic rings. The molecule has 0 aliphatic carbocycles. The molecule has 106 valence electrons. The minimum absolute atomic E-state index is 0.382. The Kier molecular flexibility index (Phi) is 3.93. The lowest BCUT2D eigenvalue weighted by Gasteiger charge is -2.14. The summed E-state index contributed by atoms with van der Waals surface area (Å²) in [6.45, 7) is 4.32. The van der Waals surface area contributed by atoms with Gasteiger partial charge in [0.15, 0.2) is 0 Å². The predicted molar refractivity (Wildman–Crippen MR) is 90.0 cm³/mol. The highest BCUT2D eigenvalue weighted by atomic mass is 79.9. The second-order valence-corrected chi connectivity index (χ2v) is 6.19. The average Bonchev–Trinajstić information content (AvgIpc) is 2.49. The summed E-state index contributed by atoms with van der Waals surface area (Å²) in [5.74, 6) is 1.89. The van der Waals surface area contributed by atoms with Gasteiger partial charge in [0, 0.05) is 16.1 Å². The van der Waals surface area contributed by atoms with Gasteiger partial charge in [-0.3, -0.25) is 0 Å². The Labute approximate surface area is 132 Å². The third-order valence-corrected chi connectivity index (χ3v) is 3.93. The van der Waals surface area contributed by atoms with E-state index in [0.29, 0.717) is 11.8 Å². The molecule has 0 amide bonds. The zero-order valence-corrected chi connectivity index (χ0v) is 13.6. The Balaban J connectivity index is 2.07. The normalized spacial score (nSPS) is 11.0. The van der Waals surface area contributed by atoms with Crippen molar-refractivity contribution in [2.45, 2.75) is 19.8 Å². The number of benzene rings is 2. The molecule has 21 heavy (non-hydrogen) atoms. The van der Waals surface area contributed by atoms with Crippen molar-refractivity contribution in [2.75, 3.05) is 0 Å². The molecule has 0 fully saturated rings. The van der Waals surface area contributed by atoms with Gasteiger partial charge in [-0.15, -0.1) is 0 Å². The molecule has 0 N–H and O–H groups in total. The molecule has 2 nitrogen and oxygen atoms in total. The van der Waals surface area contributed by atoms with Crippen molar-refractivity contribution < 1.29 is 4.74 Å². The molecular formula is C18H16BrNO. The Bertz CT molecular complexity index is 778. The maximum absolute atomic E-state index is 6.11. The van der Waals surface area contributed by atoms with E-state index in [2.05, 4.69) is 46.9 Å². The van der Waals surface area contributed by atoms with Gasteiger partial charge in [-0.2, -0.15) is 0 Å². The average molecular weight is 342 g/mol. The molecule has 3 heteroatoms. The maximum atomic E-state index is 6.11. The van der Waals surface area contributed by atoms with E-state index >= 15 is 0 Å². The van der Waals surface area contributed by atoms with Crippen LogP contribution in [0.3, 0.4) is 0 Å². The van der Waals surface area contributed by atoms with Crippen molar-refractivity contribution in [2.24, 2.45) is 0 Å². The second-order valence-electron chi connectivity index (χ2n) is 5.28. The van der Waals surface area contributed by atoms with Gasteiger partial charge in [-0.05, 0) is 47.2 Å². The molecule has 0 unspecified atom stereocenters. The Morgan fingerprint density at radius 2 is 1.86 bits per heavy atom. The van der Waals surface area contributed by atoms with Crippen molar-refractivity contribution in [1.29, 1.82) is 0 Å². The summed E-state index contributed by atoms with van der Waals surface area (Å²) in [6.07, 6.45) is 1.78. The van der Waals surface area contributed by atoms with Crippen LogP contribution in [0.15, 0.2) is 59.2 Å². The lowest BCUT2D eigenvalue weighted by molar-refractivity contribution is 0.460. The summed E-state index contributed by atoms with van der Waals surface area (Å²) in [5, 5.41) is 2.16. The molecule has 0 bridgehead atoms. The molecule has 0 atom stereocenters. The molecule has 0 radical (unpaired) electrons. The van der Waals surface area contributed by atoms with Gasteiger partial charge in [0.1, 0.15) is 5.75 Å². The Morgan fingerprint density at radius 1 is 1.05 bits per heavy atom. The van der Waals surface area contributed by atoms with E-state index in [1.54, 1.807) is 6.20 Å². The van der Waals surface area contributed by atoms with Gasteiger partial charge in [-0.1, -0.05) is 48.0 Å². The Hall–Kier alpha value is -1.87. The molecule has 3 aromatic rings. The highest BCUT2D eigenvalue weighted by Crippen LogP contribution is 2.34. The fourth-order valence-corrected chi connectivity index (χ4v) is 2.72. The van der Waals surface area contributed by atoms with Crippen LogP contribution in [0.2, 0.25) is 0 Å². The topological polar surface area (TPSA) is 22.1 Å². The van der Waals surface area contributed by atoms with Gasteiger partial charge in [0.25, 0.3) is 0 Å². The van der Waals surface area contributed by atoms with Crippen LogP contribution in [0.25, 0.3) is 10.8 Å². The zero-order chi connectivity index (χ0) is 14.8. The maximum Gasteiger partial charge on any atom is 0.227 e. The van der Waals surface area contributed by atoms with Gasteiger partial charge in [-0.25, -0.2) is 4.98 Å². The zero-order valence-electron chi connectivity index (χ0n) is 12.0. The number of ether oxygens (including phenoxy) is 1. The SMILES string of the molecule is CC(C)c1cc(Br)ccc1Oc1nccc2ccccc12. The van der Waals surface area contributed by atoms with Crippen LogP contribution in [-0.4, -0.2) is 4.98 Å². The van der Waals surface area contributed by atoms with Crippen LogP contribution in [-0.2, 0) is 0 Å². The minimum atomic E-state index is 0.382. The number of hydrogen-bond acceptors (Lipinski definition) is 2. The van der Waals surface area contributed by atoms with Crippen LogP contribution < -0.4 is 4.74 Å². The van der Waals surface area contributed by atoms with Crippen LogP contribution >= 0.6 is 15.9 Å². The second kappa shape index (κ2) is 5.86. The standard InChI is InChI=1S/C18H16BrNO/c1-12(2)16-11-14(19)7-8-17(16)21-18-15-6-4-3-5-13(15)9-10-20-18/h3-12H,1-2H3. The summed E-state index contributed by atoms with van der Waals surface area (Å²) < 4.78 is 7.17. The van der Waals surface area contributed by atoms with Gasteiger partial charge in [0.05, 0.1) is 0 Å². The Morgan fingerprint density at radius 3 is 2.67 bits per heavy atom. The first-order valence-corrected chi connectivity index (χ1v) is 7.75. The first-order chi connectivity index (χ1) is 10.1. The summed E-state index contributed by atoms with van der Waals surface area (Å²) in [7, 11) is 0. The molecule has 2 aromatic carbocycles. The number of hydrogen-bond donors (Lipinski definition) is 0. The number of rotatable bonds is 3. The van der Waals surface area contributed by atoms with E-state index in [0.717, 1.165) is 21.0 Å². The highest BCUT2D eigenvalue weighted by Gasteiger charge is 2.11. The summed E-state index contributed by atoms with van der Waals surface area (Å²) >= 11 is 3.52. The van der Waals surface area contributed by atoms with Gasteiger partial charge in [0.2, 0.25) is 5.88 Å².